The molecule has 0 bridgehead atoms. The average molecular weight is 286 g/mol. The highest BCUT2D eigenvalue weighted by Gasteiger charge is 2.37. The summed E-state index contributed by atoms with van der Waals surface area (Å²) in [6, 6.07) is 3.27. The fourth-order valence-electron chi connectivity index (χ4n) is 2.72. The van der Waals surface area contributed by atoms with Gasteiger partial charge in [-0.2, -0.15) is 0 Å². The Morgan fingerprint density at radius 1 is 1.25 bits per heavy atom. The zero-order valence-corrected chi connectivity index (χ0v) is 11.7. The maximum atomic E-state index is 13.9. The molecule has 3 atom stereocenters. The summed E-state index contributed by atoms with van der Waals surface area (Å²) in [5, 5.41) is 0. The first-order valence-electron chi connectivity index (χ1n) is 6.55. The minimum atomic E-state index is -0.590. The van der Waals surface area contributed by atoms with E-state index in [2.05, 4.69) is 0 Å². The lowest BCUT2D eigenvalue weighted by atomic mass is 10.0. The van der Waals surface area contributed by atoms with E-state index < -0.39 is 11.6 Å². The minimum Gasteiger partial charge on any atom is -0.377 e. The van der Waals surface area contributed by atoms with Gasteiger partial charge in [-0.25, -0.2) is 8.78 Å². The van der Waals surface area contributed by atoms with Gasteiger partial charge in [0.25, 0.3) is 0 Å². The molecule has 112 valence electrons. The van der Waals surface area contributed by atoms with Crippen molar-refractivity contribution in [3.8, 4) is 0 Å². The van der Waals surface area contributed by atoms with Crippen LogP contribution in [0, 0.1) is 11.6 Å². The Bertz CT molecular complexity index is 447. The number of methoxy groups -OCH3 is 2. The van der Waals surface area contributed by atoms with Crippen molar-refractivity contribution < 1.29 is 18.3 Å². The first kappa shape index (κ1) is 15.3. The molecule has 2 rings (SSSR count). The lowest BCUT2D eigenvalue weighted by Gasteiger charge is -2.27. The Hall–Kier alpha value is -1.08. The standard InChI is InChI=1S/C14H20F2N2O2/c1-19-13-7-18(8-14(13)20-2)12(6-17)10-4-3-9(15)5-11(10)16/h3-5,12-14H,6-8,17H2,1-2H3. The van der Waals surface area contributed by atoms with Gasteiger partial charge in [0.1, 0.15) is 11.6 Å². The van der Waals surface area contributed by atoms with Gasteiger partial charge < -0.3 is 15.2 Å². The molecule has 4 nitrogen and oxygen atoms in total. The van der Waals surface area contributed by atoms with Gasteiger partial charge in [-0.3, -0.25) is 4.90 Å². The molecule has 1 aliphatic heterocycles. The van der Waals surface area contributed by atoms with Crippen molar-refractivity contribution in [3.63, 3.8) is 0 Å². The SMILES string of the molecule is COC1CN(C(CN)c2ccc(F)cc2F)CC1OC. The maximum absolute atomic E-state index is 13.9. The van der Waals surface area contributed by atoms with Crippen molar-refractivity contribution in [1.82, 2.24) is 4.90 Å². The average Bonchev–Trinajstić information content (AvgIpc) is 2.85. The lowest BCUT2D eigenvalue weighted by molar-refractivity contribution is -0.00461. The molecule has 0 radical (unpaired) electrons. The highest BCUT2D eigenvalue weighted by Crippen LogP contribution is 2.28. The second-order valence-corrected chi connectivity index (χ2v) is 4.92. The van der Waals surface area contributed by atoms with E-state index in [4.69, 9.17) is 15.2 Å². The van der Waals surface area contributed by atoms with Crippen LogP contribution in [0.5, 0.6) is 0 Å². The molecule has 1 aromatic carbocycles. The van der Waals surface area contributed by atoms with Crippen LogP contribution in [0.1, 0.15) is 11.6 Å². The summed E-state index contributed by atoms with van der Waals surface area (Å²) in [4.78, 5) is 2.01. The zero-order chi connectivity index (χ0) is 14.7. The fourth-order valence-corrected chi connectivity index (χ4v) is 2.72. The fraction of sp³-hybridized carbons (Fsp3) is 0.571. The third kappa shape index (κ3) is 2.98. The van der Waals surface area contributed by atoms with E-state index in [1.807, 2.05) is 4.90 Å². The monoisotopic (exact) mass is 286 g/mol. The van der Waals surface area contributed by atoms with Gasteiger partial charge in [0, 0.05) is 45.5 Å². The van der Waals surface area contributed by atoms with Crippen LogP contribution in [-0.4, -0.2) is 51.0 Å². The van der Waals surface area contributed by atoms with Crippen LogP contribution in [0.4, 0.5) is 8.78 Å². The van der Waals surface area contributed by atoms with Crippen LogP contribution in [0.2, 0.25) is 0 Å². The molecule has 1 fully saturated rings. The summed E-state index contributed by atoms with van der Waals surface area (Å²) in [5.74, 6) is -1.16. The highest BCUT2D eigenvalue weighted by molar-refractivity contribution is 5.23. The van der Waals surface area contributed by atoms with Gasteiger partial charge in [0.05, 0.1) is 18.2 Å². The normalized spacial score (nSPS) is 25.1. The molecule has 1 heterocycles. The number of ether oxygens (including phenoxy) is 2. The van der Waals surface area contributed by atoms with Crippen LogP contribution >= 0.6 is 0 Å². The zero-order valence-electron chi connectivity index (χ0n) is 11.7. The molecule has 1 aromatic rings. The van der Waals surface area contributed by atoms with Gasteiger partial charge >= 0.3 is 0 Å². The molecule has 6 heteroatoms. The second kappa shape index (κ2) is 6.58. The van der Waals surface area contributed by atoms with Gasteiger partial charge in [0.2, 0.25) is 0 Å². The summed E-state index contributed by atoms with van der Waals surface area (Å²) >= 11 is 0. The van der Waals surface area contributed by atoms with Gasteiger partial charge in [-0.1, -0.05) is 6.07 Å². The number of likely N-dealkylation sites (tertiary alicyclic amines) is 1. The van der Waals surface area contributed by atoms with Crippen molar-refractivity contribution >= 4 is 0 Å². The first-order valence-corrected chi connectivity index (χ1v) is 6.55. The number of nitrogens with zero attached hydrogens (tertiary/aromatic N) is 1. The molecule has 0 saturated carbocycles. The smallest absolute Gasteiger partial charge is 0.130 e. The molecule has 2 N–H and O–H groups in total. The summed E-state index contributed by atoms with van der Waals surface area (Å²) < 4.78 is 37.6. The van der Waals surface area contributed by atoms with E-state index in [0.717, 1.165) is 6.07 Å². The summed E-state index contributed by atoms with van der Waals surface area (Å²) in [6.07, 6.45) is -0.143. The minimum absolute atomic E-state index is 0.0717. The number of hydrogen-bond acceptors (Lipinski definition) is 4. The van der Waals surface area contributed by atoms with Gasteiger partial charge in [-0.15, -0.1) is 0 Å². The number of nitrogens with two attached hydrogens (primary N) is 1. The van der Waals surface area contributed by atoms with E-state index in [-0.39, 0.29) is 24.8 Å². The van der Waals surface area contributed by atoms with Gasteiger partial charge in [-0.05, 0) is 6.07 Å². The Balaban J connectivity index is 2.20. The van der Waals surface area contributed by atoms with E-state index >= 15 is 0 Å². The van der Waals surface area contributed by atoms with Crippen LogP contribution in [-0.2, 0) is 9.47 Å². The third-order valence-corrected chi connectivity index (χ3v) is 3.83. The van der Waals surface area contributed by atoms with E-state index in [1.54, 1.807) is 14.2 Å². The summed E-state index contributed by atoms with van der Waals surface area (Å²) in [7, 11) is 3.24. The predicted molar refractivity (Wildman–Crippen MR) is 71.3 cm³/mol. The summed E-state index contributed by atoms with van der Waals surface area (Å²) in [6.45, 7) is 1.46. The lowest BCUT2D eigenvalue weighted by Crippen LogP contribution is -2.33. The maximum Gasteiger partial charge on any atom is 0.130 e. The molecule has 0 spiro atoms. The van der Waals surface area contributed by atoms with Crippen molar-refractivity contribution in [2.75, 3.05) is 33.9 Å². The number of rotatable bonds is 5. The molecular formula is C14H20F2N2O2. The Labute approximate surface area is 117 Å². The van der Waals surface area contributed by atoms with Crippen molar-refractivity contribution in [2.45, 2.75) is 18.2 Å². The highest BCUT2D eigenvalue weighted by atomic mass is 19.1. The van der Waals surface area contributed by atoms with Crippen molar-refractivity contribution in [1.29, 1.82) is 0 Å². The Kier molecular flexibility index (Phi) is 5.04. The van der Waals surface area contributed by atoms with Crippen LogP contribution < -0.4 is 5.73 Å². The Morgan fingerprint density at radius 2 is 1.85 bits per heavy atom. The number of hydrogen-bond donors (Lipinski definition) is 1. The quantitative estimate of drug-likeness (QED) is 0.886. The molecule has 0 aromatic heterocycles. The third-order valence-electron chi connectivity index (χ3n) is 3.83. The second-order valence-electron chi connectivity index (χ2n) is 4.92. The van der Waals surface area contributed by atoms with Crippen LogP contribution in [0.15, 0.2) is 18.2 Å². The Morgan fingerprint density at radius 3 is 2.30 bits per heavy atom. The number of benzene rings is 1. The molecular weight excluding hydrogens is 266 g/mol. The molecule has 1 saturated heterocycles. The largest absolute Gasteiger partial charge is 0.377 e. The van der Waals surface area contributed by atoms with Crippen molar-refractivity contribution in [3.05, 3.63) is 35.4 Å². The van der Waals surface area contributed by atoms with Crippen LogP contribution in [0.25, 0.3) is 0 Å². The van der Waals surface area contributed by atoms with Crippen LogP contribution in [0.3, 0.4) is 0 Å². The van der Waals surface area contributed by atoms with E-state index in [1.165, 1.54) is 12.1 Å². The molecule has 0 aliphatic carbocycles. The molecule has 20 heavy (non-hydrogen) atoms. The van der Waals surface area contributed by atoms with E-state index in [9.17, 15) is 8.78 Å². The van der Waals surface area contributed by atoms with Gasteiger partial charge in [0.15, 0.2) is 0 Å². The topological polar surface area (TPSA) is 47.7 Å². The molecule has 0 amide bonds. The molecule has 1 aliphatic rings. The number of halogens is 2. The first-order chi connectivity index (χ1) is 9.60. The van der Waals surface area contributed by atoms with E-state index in [0.29, 0.717) is 18.7 Å². The molecule has 3 unspecified atom stereocenters. The van der Waals surface area contributed by atoms with Crippen molar-refractivity contribution in [2.24, 2.45) is 5.73 Å². The predicted octanol–water partition coefficient (Wildman–Crippen LogP) is 1.31. The summed E-state index contributed by atoms with van der Waals surface area (Å²) in [5.41, 5.74) is 6.18.